The number of hydrogen-bond acceptors (Lipinski definition) is 5. The Balaban J connectivity index is 1.83. The Morgan fingerprint density at radius 3 is 2.79 bits per heavy atom. The summed E-state index contributed by atoms with van der Waals surface area (Å²) in [5, 5.41) is 4.11. The zero-order chi connectivity index (χ0) is 20.2. The SMILES string of the molecule is CCOC(=O)Cn1c(=NC(=O)/C=C/c2cccs2)sc2c3ccccc3ccc21. The van der Waals surface area contributed by atoms with Crippen molar-refractivity contribution in [2.24, 2.45) is 4.99 Å². The van der Waals surface area contributed by atoms with Gasteiger partial charge in [0.1, 0.15) is 6.54 Å². The second-order valence-corrected chi connectivity index (χ2v) is 8.17. The molecule has 7 heteroatoms. The minimum absolute atomic E-state index is 0.00688. The van der Waals surface area contributed by atoms with Gasteiger partial charge in [-0.25, -0.2) is 0 Å². The van der Waals surface area contributed by atoms with Gasteiger partial charge < -0.3 is 9.30 Å². The van der Waals surface area contributed by atoms with Crippen molar-refractivity contribution in [2.45, 2.75) is 13.5 Å². The fraction of sp³-hybridized carbons (Fsp3) is 0.136. The van der Waals surface area contributed by atoms with Gasteiger partial charge in [0.15, 0.2) is 4.80 Å². The zero-order valence-electron chi connectivity index (χ0n) is 15.7. The monoisotopic (exact) mass is 422 g/mol. The Labute approximate surface area is 175 Å². The lowest BCUT2D eigenvalue weighted by atomic mass is 10.1. The molecular formula is C22H18N2O3S2. The highest BCUT2D eigenvalue weighted by atomic mass is 32.1. The molecular weight excluding hydrogens is 404 g/mol. The van der Waals surface area contributed by atoms with Crippen LogP contribution in [-0.2, 0) is 20.9 Å². The third-order valence-electron chi connectivity index (χ3n) is 4.31. The van der Waals surface area contributed by atoms with E-state index in [0.717, 1.165) is 25.9 Å². The minimum atomic E-state index is -0.369. The highest BCUT2D eigenvalue weighted by Crippen LogP contribution is 2.27. The molecule has 0 saturated carbocycles. The maximum atomic E-state index is 12.4. The Kier molecular flexibility index (Phi) is 5.69. The molecule has 4 aromatic rings. The van der Waals surface area contributed by atoms with Gasteiger partial charge in [-0.3, -0.25) is 9.59 Å². The molecule has 146 valence electrons. The lowest BCUT2D eigenvalue weighted by Gasteiger charge is -2.05. The van der Waals surface area contributed by atoms with E-state index in [1.54, 1.807) is 28.9 Å². The quantitative estimate of drug-likeness (QED) is 0.348. The molecule has 1 amide bonds. The number of fused-ring (bicyclic) bond motifs is 3. The Morgan fingerprint density at radius 1 is 1.14 bits per heavy atom. The van der Waals surface area contributed by atoms with Crippen LogP contribution in [0.5, 0.6) is 0 Å². The number of nitrogens with zero attached hydrogens (tertiary/aromatic N) is 2. The molecule has 5 nitrogen and oxygen atoms in total. The van der Waals surface area contributed by atoms with E-state index in [0.29, 0.717) is 11.4 Å². The Hall–Kier alpha value is -3.03. The lowest BCUT2D eigenvalue weighted by molar-refractivity contribution is -0.143. The summed E-state index contributed by atoms with van der Waals surface area (Å²) in [6, 6.07) is 15.9. The number of esters is 1. The molecule has 2 heterocycles. The lowest BCUT2D eigenvalue weighted by Crippen LogP contribution is -2.22. The Bertz CT molecular complexity index is 1280. The van der Waals surface area contributed by atoms with Crippen molar-refractivity contribution in [3.63, 3.8) is 0 Å². The molecule has 0 atom stereocenters. The summed E-state index contributed by atoms with van der Waals surface area (Å²) in [5.41, 5.74) is 0.857. The molecule has 4 rings (SSSR count). The molecule has 0 aliphatic heterocycles. The van der Waals surface area contributed by atoms with Gasteiger partial charge in [-0.15, -0.1) is 11.3 Å². The second kappa shape index (κ2) is 8.55. The van der Waals surface area contributed by atoms with Gasteiger partial charge in [-0.1, -0.05) is 47.7 Å². The first-order valence-electron chi connectivity index (χ1n) is 9.12. The molecule has 0 unspecified atom stereocenters. The number of ether oxygens (including phenoxy) is 1. The fourth-order valence-electron chi connectivity index (χ4n) is 3.04. The van der Waals surface area contributed by atoms with Crippen molar-refractivity contribution in [3.8, 4) is 0 Å². The van der Waals surface area contributed by atoms with E-state index in [-0.39, 0.29) is 18.4 Å². The molecule has 0 fully saturated rings. The molecule has 0 spiro atoms. The number of carbonyl (C=O) groups excluding carboxylic acids is 2. The number of benzene rings is 2. The number of amides is 1. The molecule has 29 heavy (non-hydrogen) atoms. The zero-order valence-corrected chi connectivity index (χ0v) is 17.3. The molecule has 2 aromatic heterocycles. The van der Waals surface area contributed by atoms with Crippen molar-refractivity contribution >= 4 is 61.6 Å². The van der Waals surface area contributed by atoms with E-state index in [1.165, 1.54) is 17.4 Å². The third-order valence-corrected chi connectivity index (χ3v) is 6.27. The van der Waals surface area contributed by atoms with Crippen LogP contribution in [0.1, 0.15) is 11.8 Å². The molecule has 0 aliphatic carbocycles. The molecule has 0 saturated heterocycles. The molecule has 0 bridgehead atoms. The standard InChI is InChI=1S/C22H18N2O3S2/c1-2-27-20(26)14-24-18-11-9-15-6-3-4-8-17(15)21(18)29-22(24)23-19(25)12-10-16-7-5-13-28-16/h3-13H,2,14H2,1H3/b12-10+,23-22?. The van der Waals surface area contributed by atoms with Crippen LogP contribution >= 0.6 is 22.7 Å². The van der Waals surface area contributed by atoms with Crippen molar-refractivity contribution in [1.29, 1.82) is 0 Å². The van der Waals surface area contributed by atoms with Gasteiger partial charge in [-0.2, -0.15) is 4.99 Å². The highest BCUT2D eigenvalue weighted by molar-refractivity contribution is 7.17. The van der Waals surface area contributed by atoms with Crippen LogP contribution in [0.4, 0.5) is 0 Å². The van der Waals surface area contributed by atoms with Crippen LogP contribution < -0.4 is 4.80 Å². The topological polar surface area (TPSA) is 60.7 Å². The van der Waals surface area contributed by atoms with Crippen LogP contribution in [0.3, 0.4) is 0 Å². The maximum Gasteiger partial charge on any atom is 0.326 e. The van der Waals surface area contributed by atoms with Crippen LogP contribution in [0, 0.1) is 0 Å². The first-order chi connectivity index (χ1) is 14.2. The summed E-state index contributed by atoms with van der Waals surface area (Å²) in [5.74, 6) is -0.727. The summed E-state index contributed by atoms with van der Waals surface area (Å²) in [7, 11) is 0. The van der Waals surface area contributed by atoms with Crippen LogP contribution in [0.25, 0.3) is 27.1 Å². The summed E-state index contributed by atoms with van der Waals surface area (Å²) >= 11 is 2.95. The van der Waals surface area contributed by atoms with Crippen molar-refractivity contribution in [3.05, 3.63) is 69.7 Å². The fourth-order valence-corrected chi connectivity index (χ4v) is 4.83. The summed E-state index contributed by atoms with van der Waals surface area (Å²) in [6.07, 6.45) is 3.19. The van der Waals surface area contributed by atoms with Crippen LogP contribution in [0.2, 0.25) is 0 Å². The van der Waals surface area contributed by atoms with Crippen molar-refractivity contribution in [1.82, 2.24) is 4.57 Å². The third kappa shape index (κ3) is 4.21. The first-order valence-corrected chi connectivity index (χ1v) is 10.8. The van der Waals surface area contributed by atoms with Gasteiger partial charge in [0, 0.05) is 16.3 Å². The second-order valence-electron chi connectivity index (χ2n) is 6.21. The van der Waals surface area contributed by atoms with Gasteiger partial charge in [0.2, 0.25) is 0 Å². The number of thiophene rings is 1. The number of thiazole rings is 1. The summed E-state index contributed by atoms with van der Waals surface area (Å²) < 4.78 is 7.85. The van der Waals surface area contributed by atoms with E-state index >= 15 is 0 Å². The first kappa shape index (κ1) is 19.3. The van der Waals surface area contributed by atoms with Gasteiger partial charge in [-0.05, 0) is 35.9 Å². The summed E-state index contributed by atoms with van der Waals surface area (Å²) in [6.45, 7) is 2.08. The van der Waals surface area contributed by atoms with E-state index < -0.39 is 0 Å². The highest BCUT2D eigenvalue weighted by Gasteiger charge is 2.13. The average molecular weight is 423 g/mol. The van der Waals surface area contributed by atoms with Crippen molar-refractivity contribution in [2.75, 3.05) is 6.61 Å². The van der Waals surface area contributed by atoms with Gasteiger partial charge >= 0.3 is 5.97 Å². The molecule has 0 aliphatic rings. The average Bonchev–Trinajstić information content (AvgIpc) is 3.35. The van der Waals surface area contributed by atoms with Crippen molar-refractivity contribution < 1.29 is 14.3 Å². The predicted molar refractivity (Wildman–Crippen MR) is 118 cm³/mol. The van der Waals surface area contributed by atoms with E-state index in [9.17, 15) is 9.59 Å². The van der Waals surface area contributed by atoms with Gasteiger partial charge in [0.05, 0.1) is 16.8 Å². The molecule has 2 aromatic carbocycles. The number of hydrogen-bond donors (Lipinski definition) is 0. The number of carbonyl (C=O) groups is 2. The molecule has 0 N–H and O–H groups in total. The van der Waals surface area contributed by atoms with Crippen LogP contribution in [-0.4, -0.2) is 23.1 Å². The van der Waals surface area contributed by atoms with E-state index in [1.807, 2.05) is 53.9 Å². The number of rotatable bonds is 5. The normalized spacial score (nSPS) is 12.2. The largest absolute Gasteiger partial charge is 0.465 e. The molecule has 0 radical (unpaired) electrons. The summed E-state index contributed by atoms with van der Waals surface area (Å²) in [4.78, 5) is 30.3. The van der Waals surface area contributed by atoms with E-state index in [4.69, 9.17) is 4.74 Å². The Morgan fingerprint density at radius 2 is 2.00 bits per heavy atom. The minimum Gasteiger partial charge on any atom is -0.465 e. The smallest absolute Gasteiger partial charge is 0.326 e. The van der Waals surface area contributed by atoms with Gasteiger partial charge in [0.25, 0.3) is 5.91 Å². The predicted octanol–water partition coefficient (Wildman–Crippen LogP) is 4.62. The number of aromatic nitrogens is 1. The maximum absolute atomic E-state index is 12.4. The van der Waals surface area contributed by atoms with E-state index in [2.05, 4.69) is 4.99 Å². The van der Waals surface area contributed by atoms with Crippen LogP contribution in [0.15, 0.2) is 65.0 Å².